The highest BCUT2D eigenvalue weighted by atomic mass is 35.5. The lowest BCUT2D eigenvalue weighted by molar-refractivity contribution is 0.213. The number of anilines is 1. The number of benzene rings is 2. The van der Waals surface area contributed by atoms with E-state index in [9.17, 15) is 16.8 Å². The van der Waals surface area contributed by atoms with E-state index in [0.717, 1.165) is 28.2 Å². The Morgan fingerprint density at radius 1 is 0.627 bits per heavy atom. The van der Waals surface area contributed by atoms with Crippen LogP contribution in [0.4, 0.5) is 5.69 Å². The van der Waals surface area contributed by atoms with Gasteiger partial charge in [-0.3, -0.25) is 15.0 Å². The summed E-state index contributed by atoms with van der Waals surface area (Å²) in [5.41, 5.74) is 18.6. The van der Waals surface area contributed by atoms with Crippen LogP contribution in [0.15, 0.2) is 104 Å². The van der Waals surface area contributed by atoms with E-state index >= 15 is 0 Å². The summed E-state index contributed by atoms with van der Waals surface area (Å²) >= 11 is 5.91. The molecule has 0 fully saturated rings. The standard InChI is InChI=1S/C29H32N6O5S.C17H24N2O3S.C12H9ClN4O2/c1-16-10-19(40-35-16)15-38-25-14-32-26-21(33-25)8-9-31-22(26)13-18-6-7-23-20(12-18)29(5)24(11-17(2)39-23)41(36,37)28(3,4)27(30)34-29;1-10-8-15-17(5,13-9-12(18)6-7-14(13)22-10)19-11(2)16(3,4)23(15,20)21;1-7-4-8(19-17-7)6-18-10-5-15-11-9(16-10)2-3-14-12(11)13/h6-10,12,14,17,24H,11,13,15H2,1-5H3,(H2,30,34);6-7,9-10,15H,8,18H2,1-5H3;2-5H,6H2,1H3/t17-,24+,29+;10-,15+,17+;/m00./s1. The van der Waals surface area contributed by atoms with Crippen LogP contribution < -0.4 is 30.4 Å². The molecule has 0 saturated heterocycles. The number of amidine groups is 1. The van der Waals surface area contributed by atoms with E-state index in [4.69, 9.17) is 61.0 Å². The van der Waals surface area contributed by atoms with Gasteiger partial charge in [0.2, 0.25) is 11.8 Å². The first-order chi connectivity index (χ1) is 39.1. The predicted molar refractivity (Wildman–Crippen MR) is 313 cm³/mol. The number of sulfone groups is 2. The van der Waals surface area contributed by atoms with Gasteiger partial charge in [0, 0.05) is 66.3 Å². The minimum atomic E-state index is -3.68. The number of hydrogen-bond acceptors (Lipinski definition) is 22. The zero-order valence-corrected chi connectivity index (χ0v) is 50.2. The molecule has 0 unspecified atom stereocenters. The maximum atomic E-state index is 13.8. The molecule has 83 heavy (non-hydrogen) atoms. The third-order valence-electron chi connectivity index (χ3n) is 15.9. The predicted octanol–water partition coefficient (Wildman–Crippen LogP) is 9.06. The lowest BCUT2D eigenvalue weighted by Gasteiger charge is -2.44. The van der Waals surface area contributed by atoms with Gasteiger partial charge in [-0.15, -0.1) is 0 Å². The minimum absolute atomic E-state index is 0.101. The Labute approximate surface area is 485 Å². The van der Waals surface area contributed by atoms with Gasteiger partial charge in [-0.1, -0.05) is 28.0 Å². The monoisotopic (exact) mass is 1190 g/mol. The minimum Gasteiger partial charge on any atom is -0.490 e. The van der Waals surface area contributed by atoms with Crippen LogP contribution in [0.2, 0.25) is 5.15 Å². The summed E-state index contributed by atoms with van der Waals surface area (Å²) in [6.07, 6.45) is 6.95. The summed E-state index contributed by atoms with van der Waals surface area (Å²) in [6.45, 7) is 20.1. The third-order valence-corrected chi connectivity index (χ3v) is 22.3. The van der Waals surface area contributed by atoms with Crippen LogP contribution >= 0.6 is 11.6 Å². The van der Waals surface area contributed by atoms with E-state index in [1.54, 1.807) is 89.6 Å². The number of rotatable bonds is 8. The molecule has 4 aliphatic heterocycles. The molecule has 10 heterocycles. The SMILES string of the molecule is CC1=N[C@]2(C)c3cc(N)ccc3O[C@@H](C)C[C@H]2S(=O)(=O)C1(C)C.Cc1cc(COc2cnc3c(Cc4ccc5c(c4)[C@@]4(C)N=C(N)C(C)(C)S(=O)(=O)[C@@H]4C[C@H](C)O5)nccc3n2)on1.Cc1cc(COc2cnc3c(Cl)nccc3n2)on1. The molecule has 0 bridgehead atoms. The molecule has 0 radical (unpaired) electrons. The Hall–Kier alpha value is -7.83. The summed E-state index contributed by atoms with van der Waals surface area (Å²) in [5, 5.41) is 6.53. The number of aromatic nitrogens is 8. The highest BCUT2D eigenvalue weighted by molar-refractivity contribution is 7.94. The van der Waals surface area contributed by atoms with Crippen molar-refractivity contribution >= 4 is 70.6 Å². The van der Waals surface area contributed by atoms with Gasteiger partial charge in [0.1, 0.15) is 48.9 Å². The Balaban J connectivity index is 0.000000154. The van der Waals surface area contributed by atoms with Gasteiger partial charge in [-0.05, 0) is 124 Å². The van der Waals surface area contributed by atoms with Crippen LogP contribution in [-0.4, -0.2) is 101 Å². The van der Waals surface area contributed by atoms with Crippen molar-refractivity contribution < 1.29 is 44.8 Å². The van der Waals surface area contributed by atoms with Crippen LogP contribution in [0, 0.1) is 13.8 Å². The van der Waals surface area contributed by atoms with E-state index in [2.05, 4.69) is 40.2 Å². The molecule has 436 valence electrons. The largest absolute Gasteiger partial charge is 0.490 e. The Morgan fingerprint density at radius 3 is 1.70 bits per heavy atom. The molecule has 6 aromatic heterocycles. The first kappa shape index (κ1) is 58.4. The van der Waals surface area contributed by atoms with Gasteiger partial charge in [-0.25, -0.2) is 41.8 Å². The van der Waals surface area contributed by atoms with Gasteiger partial charge in [0.15, 0.2) is 49.6 Å². The molecule has 25 heteroatoms. The van der Waals surface area contributed by atoms with Crippen molar-refractivity contribution in [3.8, 4) is 23.3 Å². The van der Waals surface area contributed by atoms with Gasteiger partial charge < -0.3 is 39.5 Å². The van der Waals surface area contributed by atoms with Crippen LogP contribution in [0.3, 0.4) is 0 Å². The zero-order chi connectivity index (χ0) is 59.6. The van der Waals surface area contributed by atoms with E-state index in [1.165, 1.54) is 6.20 Å². The van der Waals surface area contributed by atoms with Crippen molar-refractivity contribution in [1.82, 2.24) is 40.2 Å². The molecule has 2 aromatic carbocycles. The van der Waals surface area contributed by atoms with Crippen molar-refractivity contribution in [2.24, 2.45) is 15.7 Å². The van der Waals surface area contributed by atoms with Crippen molar-refractivity contribution in [3.05, 3.63) is 136 Å². The van der Waals surface area contributed by atoms with Crippen molar-refractivity contribution in [3.63, 3.8) is 0 Å². The Kier molecular flexibility index (Phi) is 15.3. The van der Waals surface area contributed by atoms with Gasteiger partial charge in [0.25, 0.3) is 0 Å². The molecular weight excluding hydrogens is 1120 g/mol. The van der Waals surface area contributed by atoms with Crippen LogP contribution in [-0.2, 0) is 50.4 Å². The van der Waals surface area contributed by atoms with E-state index in [1.807, 2.05) is 65.8 Å². The highest BCUT2D eigenvalue weighted by Gasteiger charge is 2.59. The molecule has 4 N–H and O–H groups in total. The molecular formula is C58H65ClN12O10S2. The van der Waals surface area contributed by atoms with Gasteiger partial charge >= 0.3 is 0 Å². The number of aliphatic imine (C=N–C) groups is 2. The number of hydrogen-bond donors (Lipinski definition) is 2. The smallest absolute Gasteiger partial charge is 0.233 e. The van der Waals surface area contributed by atoms with E-state index < -0.39 is 50.7 Å². The molecule has 4 aliphatic rings. The Morgan fingerprint density at radius 2 is 1.13 bits per heavy atom. The molecule has 12 rings (SSSR count). The Bertz CT molecular complexity index is 4120. The fourth-order valence-corrected chi connectivity index (χ4v) is 15.9. The number of nitrogen functional groups attached to an aromatic ring is 1. The maximum Gasteiger partial charge on any atom is 0.233 e. The zero-order valence-electron chi connectivity index (χ0n) is 47.8. The molecule has 22 nitrogen and oxygen atoms in total. The molecule has 0 aliphatic carbocycles. The number of fused-ring (bicyclic) bond motifs is 8. The van der Waals surface area contributed by atoms with Crippen molar-refractivity contribution in [2.45, 2.75) is 152 Å². The number of pyridine rings is 2. The fourth-order valence-electron chi connectivity index (χ4n) is 10.8. The number of nitrogens with zero attached hydrogens (tertiary/aromatic N) is 10. The van der Waals surface area contributed by atoms with Crippen molar-refractivity contribution in [2.75, 3.05) is 5.73 Å². The summed E-state index contributed by atoms with van der Waals surface area (Å²) in [7, 11) is -7.12. The summed E-state index contributed by atoms with van der Waals surface area (Å²) < 4.78 is 85.7. The second-order valence-electron chi connectivity index (χ2n) is 22.6. The molecule has 6 atom stereocenters. The summed E-state index contributed by atoms with van der Waals surface area (Å²) in [6, 6.07) is 18.3. The summed E-state index contributed by atoms with van der Waals surface area (Å²) in [4.78, 5) is 35.9. The topological polar surface area (TPSA) is 311 Å². The first-order valence-electron chi connectivity index (χ1n) is 26.8. The lowest BCUT2D eigenvalue weighted by atomic mass is 9.84. The quantitative estimate of drug-likeness (QED) is 0.106. The number of ether oxygens (including phenoxy) is 4. The van der Waals surface area contributed by atoms with Gasteiger partial charge in [0.05, 0.1) is 63.2 Å². The second-order valence-corrected chi connectivity index (χ2v) is 28.3. The first-order valence-corrected chi connectivity index (χ1v) is 30.3. The van der Waals surface area contributed by atoms with Crippen molar-refractivity contribution in [1.29, 1.82) is 0 Å². The third kappa shape index (κ3) is 10.9. The van der Waals surface area contributed by atoms with Crippen LogP contribution in [0.1, 0.15) is 120 Å². The molecule has 0 amide bonds. The lowest BCUT2D eigenvalue weighted by Crippen LogP contribution is -2.60. The van der Waals surface area contributed by atoms with E-state index in [0.29, 0.717) is 98.2 Å². The average Bonchev–Trinajstić information content (AvgIpc) is 2.85. The molecule has 0 spiro atoms. The van der Waals surface area contributed by atoms with Crippen LogP contribution in [0.25, 0.3) is 22.1 Å². The number of nitrogens with two attached hydrogens (primary N) is 2. The average molecular weight is 1190 g/mol. The van der Waals surface area contributed by atoms with Crippen LogP contribution in [0.5, 0.6) is 23.3 Å². The molecule has 8 aromatic rings. The maximum absolute atomic E-state index is 13.8. The van der Waals surface area contributed by atoms with Gasteiger partial charge in [-0.2, -0.15) is 0 Å². The second kappa shape index (κ2) is 21.7. The number of aryl methyl sites for hydroxylation is 2. The van der Waals surface area contributed by atoms with E-state index in [-0.39, 0.29) is 31.3 Å². The molecule has 0 saturated carbocycles. The highest BCUT2D eigenvalue weighted by Crippen LogP contribution is 2.51. The summed E-state index contributed by atoms with van der Waals surface area (Å²) in [5.74, 6) is 3.35. The fraction of sp³-hybridized carbons (Fsp3) is 0.414. The normalized spacial score (nSPS) is 24.1. The number of halogens is 1.